The van der Waals surface area contributed by atoms with Crippen molar-refractivity contribution in [1.82, 2.24) is 5.32 Å². The van der Waals surface area contributed by atoms with Crippen LogP contribution in [0.2, 0.25) is 0 Å². The maximum absolute atomic E-state index is 12.0. The SMILES string of the molecule is CC(C)(C)NC(=O)CCC[S@@](=O)c1ccc(Br)cc1. The first-order valence-electron chi connectivity index (χ1n) is 6.23. The number of hydrogen-bond acceptors (Lipinski definition) is 2. The van der Waals surface area contributed by atoms with Gasteiger partial charge in [0, 0.05) is 27.1 Å². The first-order chi connectivity index (χ1) is 8.78. The topological polar surface area (TPSA) is 46.2 Å². The first kappa shape index (κ1) is 16.4. The van der Waals surface area contributed by atoms with E-state index in [1.807, 2.05) is 45.0 Å². The Morgan fingerprint density at radius 1 is 1.26 bits per heavy atom. The van der Waals surface area contributed by atoms with E-state index in [4.69, 9.17) is 0 Å². The minimum atomic E-state index is -1.03. The molecule has 0 aliphatic carbocycles. The minimum absolute atomic E-state index is 0.0142. The predicted molar refractivity (Wildman–Crippen MR) is 82.5 cm³/mol. The molecular formula is C14H20BrNO2S. The number of rotatable bonds is 5. The summed E-state index contributed by atoms with van der Waals surface area (Å²) in [6.45, 7) is 5.85. The molecule has 1 atom stereocenters. The van der Waals surface area contributed by atoms with E-state index in [0.29, 0.717) is 18.6 Å². The van der Waals surface area contributed by atoms with E-state index >= 15 is 0 Å². The van der Waals surface area contributed by atoms with Gasteiger partial charge < -0.3 is 5.32 Å². The van der Waals surface area contributed by atoms with Crippen LogP contribution in [0.15, 0.2) is 33.6 Å². The molecule has 0 saturated heterocycles. The highest BCUT2D eigenvalue weighted by Gasteiger charge is 2.13. The number of carbonyl (C=O) groups excluding carboxylic acids is 1. The van der Waals surface area contributed by atoms with Crippen molar-refractivity contribution in [3.63, 3.8) is 0 Å². The molecule has 0 fully saturated rings. The van der Waals surface area contributed by atoms with Gasteiger partial charge in [0.2, 0.25) is 5.91 Å². The Bertz CT molecular complexity index is 452. The fourth-order valence-electron chi connectivity index (χ4n) is 1.55. The molecule has 0 bridgehead atoms. The van der Waals surface area contributed by atoms with Gasteiger partial charge in [-0.25, -0.2) is 0 Å². The largest absolute Gasteiger partial charge is 0.352 e. The maximum atomic E-state index is 12.0. The van der Waals surface area contributed by atoms with Gasteiger partial charge in [0.25, 0.3) is 0 Å². The van der Waals surface area contributed by atoms with E-state index in [1.165, 1.54) is 0 Å². The molecule has 1 aromatic carbocycles. The Morgan fingerprint density at radius 2 is 1.84 bits per heavy atom. The number of benzene rings is 1. The van der Waals surface area contributed by atoms with E-state index in [2.05, 4.69) is 21.2 Å². The van der Waals surface area contributed by atoms with Gasteiger partial charge in [0.05, 0.1) is 10.8 Å². The first-order valence-corrected chi connectivity index (χ1v) is 8.34. The highest BCUT2D eigenvalue weighted by Crippen LogP contribution is 2.14. The number of carbonyl (C=O) groups is 1. The highest BCUT2D eigenvalue weighted by molar-refractivity contribution is 9.10. The fourth-order valence-corrected chi connectivity index (χ4v) is 2.90. The van der Waals surface area contributed by atoms with Crippen LogP contribution in [0, 0.1) is 0 Å². The summed E-state index contributed by atoms with van der Waals surface area (Å²) in [5.74, 6) is 0.527. The molecule has 0 unspecified atom stereocenters. The molecule has 1 amide bonds. The lowest BCUT2D eigenvalue weighted by Gasteiger charge is -2.20. The molecule has 1 rings (SSSR count). The quantitative estimate of drug-likeness (QED) is 0.890. The number of amides is 1. The summed E-state index contributed by atoms with van der Waals surface area (Å²) in [7, 11) is -1.03. The van der Waals surface area contributed by atoms with Crippen LogP contribution in [-0.4, -0.2) is 21.4 Å². The standard InChI is InChI=1S/C14H20BrNO2S/c1-14(2,3)16-13(17)5-4-10-19(18)12-8-6-11(15)7-9-12/h6-9H,4-5,10H2,1-3H3,(H,16,17)/t19-/m1/s1. The van der Waals surface area contributed by atoms with E-state index in [9.17, 15) is 9.00 Å². The van der Waals surface area contributed by atoms with Crippen molar-refractivity contribution < 1.29 is 9.00 Å². The number of nitrogens with one attached hydrogen (secondary N) is 1. The molecular weight excluding hydrogens is 326 g/mol. The molecule has 19 heavy (non-hydrogen) atoms. The lowest BCUT2D eigenvalue weighted by atomic mass is 10.1. The van der Waals surface area contributed by atoms with Gasteiger partial charge >= 0.3 is 0 Å². The van der Waals surface area contributed by atoms with Crippen molar-refractivity contribution in [3.05, 3.63) is 28.7 Å². The second kappa shape index (κ2) is 7.20. The van der Waals surface area contributed by atoms with Crippen molar-refractivity contribution in [2.45, 2.75) is 44.0 Å². The zero-order chi connectivity index (χ0) is 14.5. The molecule has 0 aliphatic rings. The van der Waals surface area contributed by atoms with Crippen LogP contribution in [0.25, 0.3) is 0 Å². The molecule has 106 valence electrons. The summed E-state index contributed by atoms with van der Waals surface area (Å²) in [4.78, 5) is 12.4. The smallest absolute Gasteiger partial charge is 0.220 e. The normalized spacial score (nSPS) is 13.1. The predicted octanol–water partition coefficient (Wildman–Crippen LogP) is 3.25. The van der Waals surface area contributed by atoms with Crippen LogP contribution in [0.5, 0.6) is 0 Å². The van der Waals surface area contributed by atoms with Crippen LogP contribution >= 0.6 is 15.9 Å². The lowest BCUT2D eigenvalue weighted by Crippen LogP contribution is -2.40. The Labute approximate surface area is 125 Å². The zero-order valence-corrected chi connectivity index (χ0v) is 13.9. The molecule has 0 heterocycles. The van der Waals surface area contributed by atoms with E-state index in [1.54, 1.807) is 0 Å². The van der Waals surface area contributed by atoms with Crippen molar-refractivity contribution in [2.24, 2.45) is 0 Å². The highest BCUT2D eigenvalue weighted by atomic mass is 79.9. The van der Waals surface area contributed by atoms with Gasteiger partial charge in [0.1, 0.15) is 0 Å². The van der Waals surface area contributed by atoms with Crippen LogP contribution in [0.3, 0.4) is 0 Å². The third kappa shape index (κ3) is 6.87. The zero-order valence-electron chi connectivity index (χ0n) is 11.5. The molecule has 0 radical (unpaired) electrons. The van der Waals surface area contributed by atoms with Crippen molar-refractivity contribution in [1.29, 1.82) is 0 Å². The average Bonchev–Trinajstić information content (AvgIpc) is 2.27. The molecule has 1 aromatic rings. The van der Waals surface area contributed by atoms with Gasteiger partial charge in [-0.1, -0.05) is 15.9 Å². The van der Waals surface area contributed by atoms with Crippen LogP contribution < -0.4 is 5.32 Å². The Kier molecular flexibility index (Phi) is 6.20. The Balaban J connectivity index is 2.35. The van der Waals surface area contributed by atoms with E-state index < -0.39 is 10.8 Å². The van der Waals surface area contributed by atoms with Crippen LogP contribution in [0.4, 0.5) is 0 Å². The third-order valence-corrected chi connectivity index (χ3v) is 4.31. The van der Waals surface area contributed by atoms with Gasteiger partial charge in [-0.15, -0.1) is 0 Å². The molecule has 0 spiro atoms. The summed E-state index contributed by atoms with van der Waals surface area (Å²) < 4.78 is 13.0. The summed E-state index contributed by atoms with van der Waals surface area (Å²) in [6.07, 6.45) is 1.05. The molecule has 0 aliphatic heterocycles. The molecule has 5 heteroatoms. The van der Waals surface area contributed by atoms with Gasteiger partial charge in [-0.05, 0) is 51.5 Å². The third-order valence-electron chi connectivity index (χ3n) is 2.32. The minimum Gasteiger partial charge on any atom is -0.352 e. The van der Waals surface area contributed by atoms with Crippen molar-refractivity contribution in [2.75, 3.05) is 5.75 Å². The van der Waals surface area contributed by atoms with Crippen LogP contribution in [-0.2, 0) is 15.6 Å². The number of hydrogen-bond donors (Lipinski definition) is 1. The molecule has 0 saturated carbocycles. The maximum Gasteiger partial charge on any atom is 0.220 e. The molecule has 1 N–H and O–H groups in total. The van der Waals surface area contributed by atoms with Gasteiger partial charge in [-0.3, -0.25) is 9.00 Å². The molecule has 0 aromatic heterocycles. The van der Waals surface area contributed by atoms with Gasteiger partial charge in [0.15, 0.2) is 0 Å². The second-order valence-electron chi connectivity index (χ2n) is 5.41. The Morgan fingerprint density at radius 3 is 2.37 bits per heavy atom. The van der Waals surface area contributed by atoms with Crippen LogP contribution in [0.1, 0.15) is 33.6 Å². The summed E-state index contributed by atoms with van der Waals surface area (Å²) >= 11 is 3.34. The fraction of sp³-hybridized carbons (Fsp3) is 0.500. The average molecular weight is 346 g/mol. The molecule has 3 nitrogen and oxygen atoms in total. The van der Waals surface area contributed by atoms with Crippen molar-refractivity contribution in [3.8, 4) is 0 Å². The van der Waals surface area contributed by atoms with E-state index in [-0.39, 0.29) is 11.4 Å². The van der Waals surface area contributed by atoms with Crippen molar-refractivity contribution >= 4 is 32.6 Å². The summed E-state index contributed by atoms with van der Waals surface area (Å²) in [6, 6.07) is 7.43. The monoisotopic (exact) mass is 345 g/mol. The summed E-state index contributed by atoms with van der Waals surface area (Å²) in [5.41, 5.74) is -0.206. The lowest BCUT2D eigenvalue weighted by molar-refractivity contribution is -0.122. The number of halogens is 1. The summed E-state index contributed by atoms with van der Waals surface area (Å²) in [5, 5.41) is 2.90. The Hall–Kier alpha value is -0.680. The van der Waals surface area contributed by atoms with Gasteiger partial charge in [-0.2, -0.15) is 0 Å². The van der Waals surface area contributed by atoms with E-state index in [0.717, 1.165) is 9.37 Å². The second-order valence-corrected chi connectivity index (χ2v) is 7.89.